The molecule has 0 aliphatic heterocycles. The van der Waals surface area contributed by atoms with Crippen molar-refractivity contribution >= 4 is 46.9 Å². The fraction of sp³-hybridized carbons (Fsp3) is 0.750. The number of halogens is 1. The van der Waals surface area contributed by atoms with E-state index in [0.29, 0.717) is 0 Å². The van der Waals surface area contributed by atoms with Crippen LogP contribution in [-0.4, -0.2) is 17.3 Å². The Morgan fingerprint density at radius 1 is 0.917 bits per heavy atom. The van der Waals surface area contributed by atoms with Gasteiger partial charge in [-0.25, -0.2) is 0 Å². The van der Waals surface area contributed by atoms with E-state index in [0.717, 1.165) is 21.6 Å². The van der Waals surface area contributed by atoms with E-state index in [4.69, 9.17) is 11.6 Å². The molecule has 0 saturated carbocycles. The first-order valence-electron chi connectivity index (χ1n) is 4.04. The lowest BCUT2D eigenvalue weighted by Gasteiger charge is -2.05. The average molecular weight is 243 g/mol. The lowest BCUT2D eigenvalue weighted by atomic mass is 11.0. The van der Waals surface area contributed by atoms with Gasteiger partial charge in [-0.3, -0.25) is 0 Å². The second-order valence-electron chi connectivity index (χ2n) is 1.86. The van der Waals surface area contributed by atoms with Crippen molar-refractivity contribution in [1.29, 1.82) is 0 Å². The minimum absolute atomic E-state index is 0.969. The molecular weight excluding hydrogens is 228 g/mol. The molecule has 0 N–H and O–H groups in total. The summed E-state index contributed by atoms with van der Waals surface area (Å²) in [6.45, 7) is 6.43. The Bertz CT molecular complexity index is 137. The van der Waals surface area contributed by atoms with Crippen LogP contribution in [0.5, 0.6) is 0 Å². The third-order valence-electron chi connectivity index (χ3n) is 0.982. The fourth-order valence-electron chi connectivity index (χ4n) is 0.603. The summed E-state index contributed by atoms with van der Waals surface area (Å²) in [5.74, 6) is 3.25. The van der Waals surface area contributed by atoms with Crippen molar-refractivity contribution < 1.29 is 0 Å². The van der Waals surface area contributed by atoms with Gasteiger partial charge in [0.15, 0.2) is 0 Å². The average Bonchev–Trinajstić information content (AvgIpc) is 2.04. The van der Waals surface area contributed by atoms with Gasteiger partial charge in [-0.15, -0.1) is 35.3 Å². The molecular formula is C8H15ClS3. The zero-order valence-electron chi connectivity index (χ0n) is 7.72. The van der Waals surface area contributed by atoms with E-state index in [9.17, 15) is 0 Å². The van der Waals surface area contributed by atoms with Crippen LogP contribution >= 0.6 is 46.9 Å². The zero-order valence-corrected chi connectivity index (χ0v) is 10.9. The van der Waals surface area contributed by atoms with Crippen LogP contribution in [0.25, 0.3) is 0 Å². The topological polar surface area (TPSA) is 0 Å². The van der Waals surface area contributed by atoms with Gasteiger partial charge in [0, 0.05) is 0 Å². The van der Waals surface area contributed by atoms with Crippen molar-refractivity contribution in [1.82, 2.24) is 0 Å². The second-order valence-corrected chi connectivity index (χ2v) is 6.54. The smallest absolute Gasteiger partial charge is 0.0935 e. The predicted molar refractivity (Wildman–Crippen MR) is 67.3 cm³/mol. The van der Waals surface area contributed by atoms with E-state index in [1.807, 2.05) is 23.5 Å². The van der Waals surface area contributed by atoms with Crippen molar-refractivity contribution in [3.63, 3.8) is 0 Å². The summed E-state index contributed by atoms with van der Waals surface area (Å²) < 4.78 is 2.25. The molecule has 0 saturated heterocycles. The summed E-state index contributed by atoms with van der Waals surface area (Å²) in [6, 6.07) is 0. The number of hydrogen-bond donors (Lipinski definition) is 0. The molecule has 0 aromatic rings. The minimum Gasteiger partial charge on any atom is -0.118 e. The van der Waals surface area contributed by atoms with Gasteiger partial charge in [0.1, 0.15) is 0 Å². The normalized spacial score (nSPS) is 10.0. The molecule has 0 aliphatic carbocycles. The molecule has 0 nitrogen and oxygen atoms in total. The fourth-order valence-corrected chi connectivity index (χ4v) is 4.13. The van der Waals surface area contributed by atoms with Gasteiger partial charge in [-0.1, -0.05) is 32.4 Å². The van der Waals surface area contributed by atoms with Crippen LogP contribution < -0.4 is 0 Å². The van der Waals surface area contributed by atoms with Crippen molar-refractivity contribution in [3.05, 3.63) is 8.60 Å². The standard InChI is InChI=1S/C8H15ClS3/c1-4-10-7(9)8(11-5-2)12-6-3/h4-6H2,1-3H3. The van der Waals surface area contributed by atoms with Crippen LogP contribution in [0, 0.1) is 0 Å². The summed E-state index contributed by atoms with van der Waals surface area (Å²) in [5, 5.41) is 0. The molecule has 4 heteroatoms. The van der Waals surface area contributed by atoms with Crippen LogP contribution in [0.3, 0.4) is 0 Å². The molecule has 72 valence electrons. The van der Waals surface area contributed by atoms with Gasteiger partial charge < -0.3 is 0 Å². The van der Waals surface area contributed by atoms with Crippen LogP contribution in [0.2, 0.25) is 0 Å². The SMILES string of the molecule is CCSC(Cl)=C(SCC)SCC. The highest BCUT2D eigenvalue weighted by atomic mass is 35.5. The van der Waals surface area contributed by atoms with Crippen LogP contribution in [0.1, 0.15) is 20.8 Å². The Morgan fingerprint density at radius 3 is 1.67 bits per heavy atom. The van der Waals surface area contributed by atoms with E-state index >= 15 is 0 Å². The van der Waals surface area contributed by atoms with E-state index in [2.05, 4.69) is 20.8 Å². The molecule has 0 amide bonds. The number of hydrogen-bond acceptors (Lipinski definition) is 3. The molecule has 0 bridgehead atoms. The Morgan fingerprint density at radius 2 is 1.33 bits per heavy atom. The Labute approximate surface area is 93.3 Å². The lowest BCUT2D eigenvalue weighted by molar-refractivity contribution is 1.52. The van der Waals surface area contributed by atoms with Gasteiger partial charge >= 0.3 is 0 Å². The van der Waals surface area contributed by atoms with Crippen LogP contribution in [-0.2, 0) is 0 Å². The molecule has 0 aromatic carbocycles. The molecule has 0 spiro atoms. The summed E-state index contributed by atoms with van der Waals surface area (Å²) in [5.41, 5.74) is 0. The molecule has 0 fully saturated rings. The molecule has 0 aromatic heterocycles. The summed E-state index contributed by atoms with van der Waals surface area (Å²) >= 11 is 11.5. The van der Waals surface area contributed by atoms with Crippen LogP contribution in [0.15, 0.2) is 8.60 Å². The zero-order chi connectivity index (χ0) is 9.40. The quantitative estimate of drug-likeness (QED) is 0.668. The minimum atomic E-state index is 0.969. The molecule has 0 atom stereocenters. The first-order valence-corrected chi connectivity index (χ1v) is 7.37. The highest BCUT2D eigenvalue weighted by molar-refractivity contribution is 8.23. The number of thioether (sulfide) groups is 3. The van der Waals surface area contributed by atoms with E-state index in [1.165, 1.54) is 4.24 Å². The Kier molecular flexibility index (Phi) is 9.45. The van der Waals surface area contributed by atoms with Gasteiger partial charge in [-0.2, -0.15) is 0 Å². The Balaban J connectivity index is 4.11. The molecule has 0 rings (SSSR count). The third-order valence-corrected chi connectivity index (χ3v) is 4.94. The van der Waals surface area contributed by atoms with Gasteiger partial charge in [0.05, 0.1) is 8.60 Å². The molecule has 12 heavy (non-hydrogen) atoms. The summed E-state index contributed by atoms with van der Waals surface area (Å²) in [7, 11) is 0. The largest absolute Gasteiger partial charge is 0.118 e. The summed E-state index contributed by atoms with van der Waals surface area (Å²) in [6.07, 6.45) is 0. The lowest BCUT2D eigenvalue weighted by Crippen LogP contribution is -1.78. The maximum atomic E-state index is 6.11. The molecule has 0 radical (unpaired) electrons. The predicted octanol–water partition coefficient (Wildman–Crippen LogP) is 4.61. The van der Waals surface area contributed by atoms with Crippen molar-refractivity contribution in [2.45, 2.75) is 20.8 Å². The molecule has 0 heterocycles. The van der Waals surface area contributed by atoms with Crippen molar-refractivity contribution in [3.8, 4) is 0 Å². The molecule has 0 unspecified atom stereocenters. The highest BCUT2D eigenvalue weighted by Gasteiger charge is 2.03. The number of rotatable bonds is 6. The highest BCUT2D eigenvalue weighted by Crippen LogP contribution is 2.37. The van der Waals surface area contributed by atoms with E-state index in [-0.39, 0.29) is 0 Å². The monoisotopic (exact) mass is 242 g/mol. The first-order chi connectivity index (χ1) is 5.76. The van der Waals surface area contributed by atoms with E-state index < -0.39 is 0 Å². The third kappa shape index (κ3) is 5.68. The van der Waals surface area contributed by atoms with Gasteiger partial charge in [-0.05, 0) is 17.3 Å². The molecule has 0 aliphatic rings. The van der Waals surface area contributed by atoms with Gasteiger partial charge in [0.2, 0.25) is 0 Å². The first kappa shape index (κ1) is 13.1. The Hall–Kier alpha value is 1.08. The van der Waals surface area contributed by atoms with Crippen molar-refractivity contribution in [2.24, 2.45) is 0 Å². The van der Waals surface area contributed by atoms with Gasteiger partial charge in [0.25, 0.3) is 0 Å². The van der Waals surface area contributed by atoms with Crippen LogP contribution in [0.4, 0.5) is 0 Å². The second kappa shape index (κ2) is 8.67. The maximum Gasteiger partial charge on any atom is 0.0935 e. The van der Waals surface area contributed by atoms with E-state index in [1.54, 1.807) is 11.8 Å². The maximum absolute atomic E-state index is 6.11. The van der Waals surface area contributed by atoms with Crippen molar-refractivity contribution in [2.75, 3.05) is 17.3 Å². The summed E-state index contributed by atoms with van der Waals surface area (Å²) in [4.78, 5) is 0.